The molecule has 0 aliphatic heterocycles. The molecule has 1 heterocycles. The molecule has 1 unspecified atom stereocenters. The number of pyridine rings is 1. The van der Waals surface area contributed by atoms with Crippen molar-refractivity contribution in [2.45, 2.75) is 39.7 Å². The molecule has 0 aromatic carbocycles. The van der Waals surface area contributed by atoms with Crippen molar-refractivity contribution in [3.63, 3.8) is 0 Å². The number of hydrogen-bond acceptors (Lipinski definition) is 3. The Morgan fingerprint density at radius 3 is 2.55 bits per heavy atom. The van der Waals surface area contributed by atoms with Crippen LogP contribution in [0.15, 0.2) is 22.8 Å². The van der Waals surface area contributed by atoms with Crippen molar-refractivity contribution in [3.05, 3.63) is 28.5 Å². The SMILES string of the molecule is CC(C)(C)CC(CC(=O)O)NC(=O)c1cccc(Br)n1. The second-order valence-corrected chi connectivity index (χ2v) is 6.69. The Bertz CT molecular complexity index is 497. The highest BCUT2D eigenvalue weighted by Crippen LogP contribution is 2.22. The van der Waals surface area contributed by atoms with Gasteiger partial charge in [-0.15, -0.1) is 0 Å². The van der Waals surface area contributed by atoms with Gasteiger partial charge in [-0.25, -0.2) is 4.98 Å². The zero-order valence-corrected chi connectivity index (χ0v) is 13.4. The molecule has 1 atom stereocenters. The van der Waals surface area contributed by atoms with Crippen LogP contribution in [0.3, 0.4) is 0 Å². The number of aromatic nitrogens is 1. The van der Waals surface area contributed by atoms with Crippen LogP contribution in [-0.4, -0.2) is 28.0 Å². The molecule has 1 aromatic rings. The molecular formula is C14H19BrN2O3. The number of hydrogen-bond donors (Lipinski definition) is 2. The summed E-state index contributed by atoms with van der Waals surface area (Å²) in [6.07, 6.45) is 0.482. The van der Waals surface area contributed by atoms with Crippen molar-refractivity contribution in [2.24, 2.45) is 5.41 Å². The number of carboxylic acids is 1. The minimum absolute atomic E-state index is 0.0713. The van der Waals surface area contributed by atoms with Crippen LogP contribution in [0.2, 0.25) is 0 Å². The Morgan fingerprint density at radius 2 is 2.05 bits per heavy atom. The van der Waals surface area contributed by atoms with Crippen LogP contribution < -0.4 is 5.32 Å². The van der Waals surface area contributed by atoms with Gasteiger partial charge in [0.05, 0.1) is 6.42 Å². The number of nitrogens with one attached hydrogen (secondary N) is 1. The number of rotatable bonds is 5. The standard InChI is InChI=1S/C14H19BrN2O3/c1-14(2,3)8-9(7-12(18)19)16-13(20)10-5-4-6-11(15)17-10/h4-6,9H,7-8H2,1-3H3,(H,16,20)(H,18,19). The average Bonchev–Trinajstić information content (AvgIpc) is 2.25. The van der Waals surface area contributed by atoms with Gasteiger partial charge >= 0.3 is 5.97 Å². The van der Waals surface area contributed by atoms with E-state index in [1.165, 1.54) is 0 Å². The van der Waals surface area contributed by atoms with Gasteiger partial charge in [-0.1, -0.05) is 26.8 Å². The molecule has 0 spiro atoms. The number of carbonyl (C=O) groups excluding carboxylic acids is 1. The monoisotopic (exact) mass is 342 g/mol. The van der Waals surface area contributed by atoms with Crippen LogP contribution in [0, 0.1) is 5.41 Å². The lowest BCUT2D eigenvalue weighted by molar-refractivity contribution is -0.137. The van der Waals surface area contributed by atoms with Gasteiger partial charge in [-0.05, 0) is 39.9 Å². The molecule has 1 aromatic heterocycles. The van der Waals surface area contributed by atoms with E-state index in [1.807, 2.05) is 20.8 Å². The Balaban J connectivity index is 2.78. The molecule has 2 N–H and O–H groups in total. The van der Waals surface area contributed by atoms with Gasteiger partial charge in [-0.3, -0.25) is 9.59 Å². The quantitative estimate of drug-likeness (QED) is 0.806. The molecule has 0 aliphatic rings. The van der Waals surface area contributed by atoms with Gasteiger partial charge in [0.25, 0.3) is 5.91 Å². The number of carboxylic acid groups (broad SMARTS) is 1. The number of nitrogens with zero attached hydrogens (tertiary/aromatic N) is 1. The normalized spacial score (nSPS) is 12.8. The summed E-state index contributed by atoms with van der Waals surface area (Å²) in [6, 6.07) is 4.61. The first-order chi connectivity index (χ1) is 9.17. The fourth-order valence-corrected chi connectivity index (χ4v) is 2.26. The van der Waals surface area contributed by atoms with Crippen LogP contribution in [-0.2, 0) is 4.79 Å². The summed E-state index contributed by atoms with van der Waals surface area (Å²) >= 11 is 3.20. The summed E-state index contributed by atoms with van der Waals surface area (Å²) in [5.74, 6) is -1.29. The molecule has 0 fully saturated rings. The number of aliphatic carboxylic acids is 1. The first-order valence-electron chi connectivity index (χ1n) is 6.32. The summed E-state index contributed by atoms with van der Waals surface area (Å²) in [4.78, 5) is 27.0. The van der Waals surface area contributed by atoms with Gasteiger partial charge in [0, 0.05) is 6.04 Å². The maximum Gasteiger partial charge on any atom is 0.305 e. The summed E-state index contributed by atoms with van der Waals surface area (Å²) in [5.41, 5.74) is 0.196. The molecule has 20 heavy (non-hydrogen) atoms. The molecule has 0 saturated carbocycles. The molecule has 6 heteroatoms. The Morgan fingerprint density at radius 1 is 1.40 bits per heavy atom. The number of amides is 1. The van der Waals surface area contributed by atoms with E-state index < -0.39 is 12.0 Å². The van der Waals surface area contributed by atoms with E-state index in [4.69, 9.17) is 5.11 Å². The molecule has 0 aliphatic carbocycles. The molecule has 1 rings (SSSR count). The third kappa shape index (κ3) is 6.14. The number of carbonyl (C=O) groups is 2. The van der Waals surface area contributed by atoms with E-state index in [1.54, 1.807) is 18.2 Å². The van der Waals surface area contributed by atoms with Crippen molar-refractivity contribution in [1.29, 1.82) is 0 Å². The second-order valence-electron chi connectivity index (χ2n) is 5.88. The van der Waals surface area contributed by atoms with Gasteiger partial charge in [0.1, 0.15) is 10.3 Å². The summed E-state index contributed by atoms with van der Waals surface area (Å²) in [6.45, 7) is 6.02. The van der Waals surface area contributed by atoms with Crippen molar-refractivity contribution >= 4 is 27.8 Å². The lowest BCUT2D eigenvalue weighted by atomic mass is 9.87. The van der Waals surface area contributed by atoms with Crippen LogP contribution in [0.4, 0.5) is 0 Å². The van der Waals surface area contributed by atoms with E-state index in [2.05, 4.69) is 26.2 Å². The van der Waals surface area contributed by atoms with Gasteiger partial charge < -0.3 is 10.4 Å². The smallest absolute Gasteiger partial charge is 0.305 e. The molecule has 0 saturated heterocycles. The summed E-state index contributed by atoms with van der Waals surface area (Å²) in [5, 5.41) is 11.7. The van der Waals surface area contributed by atoms with E-state index in [9.17, 15) is 9.59 Å². The van der Waals surface area contributed by atoms with Crippen LogP contribution >= 0.6 is 15.9 Å². The summed E-state index contributed by atoms with van der Waals surface area (Å²) < 4.78 is 0.566. The lowest BCUT2D eigenvalue weighted by Gasteiger charge is -2.25. The predicted molar refractivity (Wildman–Crippen MR) is 79.5 cm³/mol. The number of halogens is 1. The zero-order valence-electron chi connectivity index (χ0n) is 11.8. The minimum Gasteiger partial charge on any atom is -0.481 e. The van der Waals surface area contributed by atoms with Crippen molar-refractivity contribution in [1.82, 2.24) is 10.3 Å². The highest BCUT2D eigenvalue weighted by molar-refractivity contribution is 9.10. The molecule has 0 bridgehead atoms. The van der Waals surface area contributed by atoms with E-state index >= 15 is 0 Å². The first-order valence-corrected chi connectivity index (χ1v) is 7.12. The third-order valence-corrected chi connectivity index (χ3v) is 3.00. The maximum atomic E-state index is 12.1. The van der Waals surface area contributed by atoms with Crippen molar-refractivity contribution < 1.29 is 14.7 Å². The fraction of sp³-hybridized carbons (Fsp3) is 0.500. The van der Waals surface area contributed by atoms with Gasteiger partial charge in [0.2, 0.25) is 0 Å². The van der Waals surface area contributed by atoms with Crippen molar-refractivity contribution in [3.8, 4) is 0 Å². The third-order valence-electron chi connectivity index (χ3n) is 2.56. The van der Waals surface area contributed by atoms with Gasteiger partial charge in [0.15, 0.2) is 0 Å². The largest absolute Gasteiger partial charge is 0.481 e. The Hall–Kier alpha value is -1.43. The van der Waals surface area contributed by atoms with Crippen molar-refractivity contribution in [2.75, 3.05) is 0 Å². The fourth-order valence-electron chi connectivity index (χ4n) is 1.92. The van der Waals surface area contributed by atoms with Crippen LogP contribution in [0.25, 0.3) is 0 Å². The van der Waals surface area contributed by atoms with E-state index in [-0.39, 0.29) is 23.4 Å². The second kappa shape index (κ2) is 6.83. The maximum absolute atomic E-state index is 12.1. The lowest BCUT2D eigenvalue weighted by Crippen LogP contribution is -2.39. The zero-order chi connectivity index (χ0) is 15.3. The van der Waals surface area contributed by atoms with Crippen LogP contribution in [0.5, 0.6) is 0 Å². The highest BCUT2D eigenvalue weighted by Gasteiger charge is 2.23. The molecular weight excluding hydrogens is 324 g/mol. The van der Waals surface area contributed by atoms with E-state index in [0.29, 0.717) is 11.0 Å². The first kappa shape index (κ1) is 16.6. The van der Waals surface area contributed by atoms with Gasteiger partial charge in [-0.2, -0.15) is 0 Å². The predicted octanol–water partition coefficient (Wildman–Crippen LogP) is 2.85. The highest BCUT2D eigenvalue weighted by atomic mass is 79.9. The summed E-state index contributed by atoms with van der Waals surface area (Å²) in [7, 11) is 0. The van der Waals surface area contributed by atoms with Crippen LogP contribution in [0.1, 0.15) is 44.1 Å². The Kier molecular flexibility index (Phi) is 5.68. The minimum atomic E-state index is -0.929. The average molecular weight is 343 g/mol. The molecule has 110 valence electrons. The molecule has 0 radical (unpaired) electrons. The van der Waals surface area contributed by atoms with E-state index in [0.717, 1.165) is 0 Å². The molecule has 1 amide bonds. The molecule has 5 nitrogen and oxygen atoms in total. The topological polar surface area (TPSA) is 79.3 Å². The Labute approximate surface area is 126 Å².